The molecule has 7 nitrogen and oxygen atoms in total. The number of likely N-dealkylation sites (tertiary alicyclic amines) is 1. The third-order valence-corrected chi connectivity index (χ3v) is 8.06. The summed E-state index contributed by atoms with van der Waals surface area (Å²) >= 11 is 0. The van der Waals surface area contributed by atoms with Gasteiger partial charge in [0.15, 0.2) is 0 Å². The van der Waals surface area contributed by atoms with E-state index in [0.717, 1.165) is 50.0 Å². The average Bonchev–Trinajstić information content (AvgIpc) is 2.84. The minimum Gasteiger partial charge on any atom is -0.383 e. The van der Waals surface area contributed by atoms with Gasteiger partial charge in [-0.1, -0.05) is 24.3 Å². The lowest BCUT2D eigenvalue weighted by Crippen LogP contribution is -2.48. The molecule has 0 amide bonds. The number of aromatic nitrogens is 2. The maximum absolute atomic E-state index is 13.8. The van der Waals surface area contributed by atoms with E-state index in [0.29, 0.717) is 18.7 Å². The number of benzene rings is 1. The van der Waals surface area contributed by atoms with E-state index in [1.54, 1.807) is 29.7 Å². The zero-order chi connectivity index (χ0) is 22.4. The molecule has 32 heavy (non-hydrogen) atoms. The van der Waals surface area contributed by atoms with Gasteiger partial charge in [-0.05, 0) is 50.2 Å². The van der Waals surface area contributed by atoms with Crippen LogP contribution >= 0.6 is 0 Å². The fraction of sp³-hybridized carbons (Fsp3) is 0.417. The lowest BCUT2D eigenvalue weighted by Gasteiger charge is -2.37. The number of nitrogens with zero attached hydrogens (tertiary/aromatic N) is 4. The van der Waals surface area contributed by atoms with Crippen molar-refractivity contribution in [1.29, 1.82) is 0 Å². The minimum atomic E-state index is -3.71. The standard InChI is InChI=1S/C24H30N4O3S/c1-31-19-18-28(32(29,30)23-9-4-6-20-7-5-14-26-24(20)23)22-11-16-27(17-12-22)15-10-21-8-2-3-13-25-21/h2-9,13-14,22H,10-12,15-19H2,1H3. The van der Waals surface area contributed by atoms with E-state index < -0.39 is 10.0 Å². The number of pyridine rings is 2. The maximum Gasteiger partial charge on any atom is 0.245 e. The molecule has 170 valence electrons. The van der Waals surface area contributed by atoms with Gasteiger partial charge >= 0.3 is 0 Å². The smallest absolute Gasteiger partial charge is 0.245 e. The summed E-state index contributed by atoms with van der Waals surface area (Å²) in [5, 5.41) is 0.824. The van der Waals surface area contributed by atoms with E-state index >= 15 is 0 Å². The molecule has 8 heteroatoms. The summed E-state index contributed by atoms with van der Waals surface area (Å²) in [5.41, 5.74) is 1.60. The lowest BCUT2D eigenvalue weighted by atomic mass is 10.0. The van der Waals surface area contributed by atoms with Gasteiger partial charge in [-0.15, -0.1) is 0 Å². The summed E-state index contributed by atoms with van der Waals surface area (Å²) in [4.78, 5) is 11.4. The Balaban J connectivity index is 1.49. The predicted molar refractivity (Wildman–Crippen MR) is 125 cm³/mol. The number of hydrogen-bond acceptors (Lipinski definition) is 6. The van der Waals surface area contributed by atoms with Gasteiger partial charge in [-0.2, -0.15) is 4.31 Å². The van der Waals surface area contributed by atoms with Crippen molar-refractivity contribution in [2.75, 3.05) is 39.9 Å². The third kappa shape index (κ3) is 5.15. The van der Waals surface area contributed by atoms with Crippen LogP contribution in [-0.4, -0.2) is 73.5 Å². The SMILES string of the molecule is COCCN(C1CCN(CCc2ccccn2)CC1)S(=O)(=O)c1cccc2cccnc12. The number of methoxy groups -OCH3 is 1. The van der Waals surface area contributed by atoms with Crippen LogP contribution in [-0.2, 0) is 21.2 Å². The summed E-state index contributed by atoms with van der Waals surface area (Å²) in [5.74, 6) is 0. The molecular formula is C24H30N4O3S. The number of rotatable bonds is 9. The van der Waals surface area contributed by atoms with Crippen molar-refractivity contribution in [3.05, 3.63) is 66.6 Å². The normalized spacial score (nSPS) is 16.1. The van der Waals surface area contributed by atoms with Gasteiger partial charge < -0.3 is 9.64 Å². The molecule has 0 N–H and O–H groups in total. The summed E-state index contributed by atoms with van der Waals surface area (Å²) in [6, 6.07) is 15.0. The summed E-state index contributed by atoms with van der Waals surface area (Å²) < 4.78 is 34.4. The van der Waals surface area contributed by atoms with Crippen LogP contribution in [0.3, 0.4) is 0 Å². The first-order chi connectivity index (χ1) is 15.6. The molecule has 1 aromatic carbocycles. The van der Waals surface area contributed by atoms with Crippen LogP contribution in [0.25, 0.3) is 10.9 Å². The predicted octanol–water partition coefficient (Wildman–Crippen LogP) is 2.97. The van der Waals surface area contributed by atoms with Crippen molar-refractivity contribution in [3.8, 4) is 0 Å². The van der Waals surface area contributed by atoms with Crippen LogP contribution in [0.4, 0.5) is 0 Å². The molecule has 2 aromatic heterocycles. The first-order valence-corrected chi connectivity index (χ1v) is 12.5. The number of para-hydroxylation sites is 1. The van der Waals surface area contributed by atoms with Crippen LogP contribution in [0.15, 0.2) is 65.8 Å². The van der Waals surface area contributed by atoms with Gasteiger partial charge in [0.1, 0.15) is 4.90 Å². The highest BCUT2D eigenvalue weighted by Crippen LogP contribution is 2.28. The Morgan fingerprint density at radius 2 is 1.81 bits per heavy atom. The van der Waals surface area contributed by atoms with E-state index in [4.69, 9.17) is 4.74 Å². The third-order valence-electron chi connectivity index (χ3n) is 6.07. The van der Waals surface area contributed by atoms with Gasteiger partial charge in [0.2, 0.25) is 10.0 Å². The van der Waals surface area contributed by atoms with Crippen LogP contribution in [0.5, 0.6) is 0 Å². The Morgan fingerprint density at radius 3 is 2.56 bits per heavy atom. The van der Waals surface area contributed by atoms with E-state index in [1.807, 2.05) is 42.6 Å². The zero-order valence-electron chi connectivity index (χ0n) is 18.4. The molecule has 0 spiro atoms. The first kappa shape index (κ1) is 22.8. The van der Waals surface area contributed by atoms with Crippen LogP contribution < -0.4 is 0 Å². The van der Waals surface area contributed by atoms with Crippen molar-refractivity contribution in [1.82, 2.24) is 19.2 Å². The van der Waals surface area contributed by atoms with Crippen LogP contribution in [0, 0.1) is 0 Å². The Labute approximate surface area is 190 Å². The fourth-order valence-corrected chi connectivity index (χ4v) is 6.18. The van der Waals surface area contributed by atoms with Crippen molar-refractivity contribution < 1.29 is 13.2 Å². The van der Waals surface area contributed by atoms with Gasteiger partial charge in [0.05, 0.1) is 12.1 Å². The molecule has 3 aromatic rings. The molecule has 0 unspecified atom stereocenters. The summed E-state index contributed by atoms with van der Waals surface area (Å²) in [6.45, 7) is 3.36. The quantitative estimate of drug-likeness (QED) is 0.495. The molecule has 0 radical (unpaired) electrons. The Morgan fingerprint density at radius 1 is 1.03 bits per heavy atom. The number of piperidine rings is 1. The van der Waals surface area contributed by atoms with Gasteiger partial charge in [-0.25, -0.2) is 8.42 Å². The number of fused-ring (bicyclic) bond motifs is 1. The zero-order valence-corrected chi connectivity index (χ0v) is 19.2. The molecule has 1 saturated heterocycles. The Bertz CT molecular complexity index is 1110. The summed E-state index contributed by atoms with van der Waals surface area (Å²) in [7, 11) is -2.11. The van der Waals surface area contributed by atoms with Crippen molar-refractivity contribution >= 4 is 20.9 Å². The number of hydrogen-bond donors (Lipinski definition) is 0. The highest BCUT2D eigenvalue weighted by molar-refractivity contribution is 7.89. The van der Waals surface area contributed by atoms with Gasteiger partial charge in [0.25, 0.3) is 0 Å². The molecule has 4 rings (SSSR count). The second kappa shape index (κ2) is 10.5. The molecule has 1 fully saturated rings. The largest absolute Gasteiger partial charge is 0.383 e. The average molecular weight is 455 g/mol. The second-order valence-corrected chi connectivity index (χ2v) is 9.94. The molecule has 1 aliphatic rings. The first-order valence-electron chi connectivity index (χ1n) is 11.1. The molecule has 0 saturated carbocycles. The molecule has 0 aliphatic carbocycles. The monoisotopic (exact) mass is 454 g/mol. The Hall–Kier alpha value is -2.39. The molecule has 0 bridgehead atoms. The van der Waals surface area contributed by atoms with Crippen molar-refractivity contribution in [3.63, 3.8) is 0 Å². The second-order valence-electron chi connectivity index (χ2n) is 8.08. The minimum absolute atomic E-state index is 0.0554. The topological polar surface area (TPSA) is 75.6 Å². The number of sulfonamides is 1. The maximum atomic E-state index is 13.8. The van der Waals surface area contributed by atoms with Gasteiger partial charge in [-0.3, -0.25) is 9.97 Å². The molecular weight excluding hydrogens is 424 g/mol. The lowest BCUT2D eigenvalue weighted by molar-refractivity contribution is 0.128. The highest BCUT2D eigenvalue weighted by atomic mass is 32.2. The fourth-order valence-electron chi connectivity index (χ4n) is 4.34. The molecule has 0 atom stereocenters. The van der Waals surface area contributed by atoms with E-state index in [2.05, 4.69) is 14.9 Å². The highest BCUT2D eigenvalue weighted by Gasteiger charge is 2.34. The van der Waals surface area contributed by atoms with Crippen molar-refractivity contribution in [2.24, 2.45) is 0 Å². The Kier molecular flexibility index (Phi) is 7.47. The summed E-state index contributed by atoms with van der Waals surface area (Å²) in [6.07, 6.45) is 5.95. The van der Waals surface area contributed by atoms with E-state index in [-0.39, 0.29) is 10.9 Å². The number of ether oxygens (including phenoxy) is 1. The van der Waals surface area contributed by atoms with Crippen LogP contribution in [0.1, 0.15) is 18.5 Å². The molecule has 3 heterocycles. The van der Waals surface area contributed by atoms with Gasteiger partial charge in [0, 0.05) is 56.1 Å². The van der Waals surface area contributed by atoms with E-state index in [1.165, 1.54) is 0 Å². The van der Waals surface area contributed by atoms with E-state index in [9.17, 15) is 8.42 Å². The molecule has 1 aliphatic heterocycles. The van der Waals surface area contributed by atoms with Crippen LogP contribution in [0.2, 0.25) is 0 Å². The van der Waals surface area contributed by atoms with Crippen molar-refractivity contribution in [2.45, 2.75) is 30.2 Å².